The maximum atomic E-state index is 4.24. The summed E-state index contributed by atoms with van der Waals surface area (Å²) in [6, 6.07) is 42.6. The third kappa shape index (κ3) is 4.96. The second-order valence-electron chi connectivity index (χ2n) is 17.4. The molecule has 0 amide bonds. The van der Waals surface area contributed by atoms with E-state index in [4.69, 9.17) is 0 Å². The van der Waals surface area contributed by atoms with Crippen LogP contribution in [0, 0.1) is 105 Å². The third-order valence-corrected chi connectivity index (χ3v) is 14.6. The van der Waals surface area contributed by atoms with E-state index < -0.39 is 10.8 Å². The van der Waals surface area contributed by atoms with Crippen LogP contribution in [0.15, 0.2) is 121 Å². The lowest BCUT2D eigenvalue weighted by molar-refractivity contribution is -0.265. The molecule has 0 radical (unpaired) electrons. The summed E-state index contributed by atoms with van der Waals surface area (Å²) in [5.41, 5.74) is 3.33. The van der Waals surface area contributed by atoms with Gasteiger partial charge in [0.15, 0.2) is 0 Å². The van der Waals surface area contributed by atoms with Gasteiger partial charge in [-0.05, 0) is 148 Å². The number of benzene rings is 4. The van der Waals surface area contributed by atoms with Crippen LogP contribution in [-0.2, 0) is 0 Å². The van der Waals surface area contributed by atoms with E-state index >= 15 is 0 Å². The number of rotatable bonds is 1. The van der Waals surface area contributed by atoms with Crippen LogP contribution < -0.4 is 0 Å². The fourth-order valence-electron chi connectivity index (χ4n) is 13.4. The third-order valence-electron chi connectivity index (χ3n) is 14.6. The quantitative estimate of drug-likeness (QED) is 0.177. The van der Waals surface area contributed by atoms with Crippen LogP contribution in [0.1, 0.15) is 86.5 Å². The van der Waals surface area contributed by atoms with E-state index in [1.54, 1.807) is 0 Å². The zero-order valence-electron chi connectivity index (χ0n) is 30.1. The fraction of sp³-hybridized carbons (Fsp3) is 0.385. The summed E-state index contributed by atoms with van der Waals surface area (Å²) in [6.07, 6.45) is 13.0. The number of hydrogen-bond acceptors (Lipinski definition) is 0. The van der Waals surface area contributed by atoms with Crippen molar-refractivity contribution in [2.24, 2.45) is 57.2 Å². The highest BCUT2D eigenvalue weighted by molar-refractivity contribution is 5.55. The molecule has 0 heteroatoms. The van der Waals surface area contributed by atoms with Gasteiger partial charge in [0.1, 0.15) is 5.41 Å². The minimum absolute atomic E-state index is 0.0400. The molecule has 0 heterocycles. The molecule has 5 unspecified atom stereocenters. The van der Waals surface area contributed by atoms with Gasteiger partial charge in [-0.25, -0.2) is 0 Å². The summed E-state index contributed by atoms with van der Waals surface area (Å²) in [5.74, 6) is 35.7. The van der Waals surface area contributed by atoms with Crippen molar-refractivity contribution < 1.29 is 0 Å². The van der Waals surface area contributed by atoms with Crippen molar-refractivity contribution in [3.63, 3.8) is 0 Å². The summed E-state index contributed by atoms with van der Waals surface area (Å²) in [5, 5.41) is 0. The first-order chi connectivity index (χ1) is 25.6. The highest BCUT2D eigenvalue weighted by Gasteiger charge is 2.80. The second-order valence-corrected chi connectivity index (χ2v) is 17.4. The van der Waals surface area contributed by atoms with Gasteiger partial charge in [0.2, 0.25) is 0 Å². The van der Waals surface area contributed by atoms with Gasteiger partial charge in [-0.2, -0.15) is 0 Å². The van der Waals surface area contributed by atoms with Crippen LogP contribution in [-0.4, -0.2) is 0 Å². The van der Waals surface area contributed by atoms with Crippen LogP contribution in [0.5, 0.6) is 0 Å². The molecule has 8 aliphatic carbocycles. The largest absolute Gasteiger partial charge is 0.116 e. The van der Waals surface area contributed by atoms with Crippen molar-refractivity contribution in [1.29, 1.82) is 0 Å². The monoisotopic (exact) mass is 670 g/mol. The van der Waals surface area contributed by atoms with E-state index in [-0.39, 0.29) is 16.7 Å². The molecule has 254 valence electrons. The predicted molar refractivity (Wildman–Crippen MR) is 210 cm³/mol. The average molecular weight is 671 g/mol. The molecule has 8 bridgehead atoms. The van der Waals surface area contributed by atoms with Crippen LogP contribution >= 0.6 is 0 Å². The van der Waals surface area contributed by atoms with Crippen LogP contribution in [0.25, 0.3) is 0 Å². The molecular formula is C52H46. The molecule has 0 aromatic heterocycles. The first-order valence-corrected chi connectivity index (χ1v) is 19.9. The zero-order valence-corrected chi connectivity index (χ0v) is 30.1. The van der Waals surface area contributed by atoms with Gasteiger partial charge >= 0.3 is 0 Å². The van der Waals surface area contributed by atoms with Gasteiger partial charge < -0.3 is 0 Å². The minimum atomic E-state index is -0.650. The first kappa shape index (κ1) is 31.8. The molecule has 8 saturated carbocycles. The maximum Gasteiger partial charge on any atom is 0.116 e. The SMILES string of the molecule is C(#CC1C2CC3CC1(C#Cc1ccccc1)C(C#Cc1ccccc1)(C#Cc1ccccc1)C(C14CC5CC(CC(C5)C1)C4)(C3)C2)c1ccccc1. The first-order valence-electron chi connectivity index (χ1n) is 19.9. The molecular weight excluding hydrogens is 625 g/mol. The van der Waals surface area contributed by atoms with Gasteiger partial charge in [0.05, 0.1) is 5.41 Å². The summed E-state index contributed by atoms with van der Waals surface area (Å²) in [7, 11) is 0. The van der Waals surface area contributed by atoms with Crippen LogP contribution in [0.4, 0.5) is 0 Å². The molecule has 4 aromatic rings. The van der Waals surface area contributed by atoms with E-state index in [0.29, 0.717) is 11.8 Å². The van der Waals surface area contributed by atoms with E-state index in [0.717, 1.165) is 46.4 Å². The lowest BCUT2D eigenvalue weighted by Gasteiger charge is -2.77. The van der Waals surface area contributed by atoms with E-state index in [9.17, 15) is 0 Å². The van der Waals surface area contributed by atoms with Crippen LogP contribution in [0.3, 0.4) is 0 Å². The smallest absolute Gasteiger partial charge is 0.0925 e. The highest BCUT2D eigenvalue weighted by atomic mass is 14.8. The van der Waals surface area contributed by atoms with Crippen molar-refractivity contribution >= 4 is 0 Å². The summed E-state index contributed by atoms with van der Waals surface area (Å²) >= 11 is 0. The van der Waals surface area contributed by atoms with Crippen LogP contribution in [0.2, 0.25) is 0 Å². The Morgan fingerprint density at radius 2 is 0.846 bits per heavy atom. The molecule has 0 saturated heterocycles. The van der Waals surface area contributed by atoms with Crippen molar-refractivity contribution in [2.75, 3.05) is 0 Å². The lowest BCUT2D eigenvalue weighted by Crippen LogP contribution is -2.74. The van der Waals surface area contributed by atoms with Gasteiger partial charge in [-0.15, -0.1) is 0 Å². The fourth-order valence-corrected chi connectivity index (χ4v) is 13.4. The van der Waals surface area contributed by atoms with E-state index in [2.05, 4.69) is 169 Å². The minimum Gasteiger partial charge on any atom is -0.0925 e. The number of hydrogen-bond donors (Lipinski definition) is 0. The molecule has 8 fully saturated rings. The highest BCUT2D eigenvalue weighted by Crippen LogP contribution is 2.83. The molecule has 12 rings (SSSR count). The van der Waals surface area contributed by atoms with Crippen molar-refractivity contribution in [2.45, 2.75) is 64.2 Å². The van der Waals surface area contributed by atoms with Gasteiger partial charge in [-0.1, -0.05) is 120 Å². The molecule has 8 aliphatic rings. The van der Waals surface area contributed by atoms with Gasteiger partial charge in [0, 0.05) is 33.6 Å². The Kier molecular flexibility index (Phi) is 7.57. The summed E-state index contributed by atoms with van der Waals surface area (Å²) in [4.78, 5) is 0. The normalized spacial score (nSPS) is 35.1. The topological polar surface area (TPSA) is 0 Å². The molecule has 4 aromatic carbocycles. The predicted octanol–water partition coefficient (Wildman–Crippen LogP) is 10.8. The van der Waals surface area contributed by atoms with Crippen molar-refractivity contribution in [3.8, 4) is 47.4 Å². The van der Waals surface area contributed by atoms with Gasteiger partial charge in [-0.3, -0.25) is 0 Å². The second kappa shape index (κ2) is 12.4. The Hall–Kier alpha value is -4.88. The van der Waals surface area contributed by atoms with E-state index in [1.807, 2.05) is 0 Å². The Balaban J connectivity index is 1.29. The Bertz CT molecular complexity index is 2130. The Morgan fingerprint density at radius 1 is 0.404 bits per heavy atom. The van der Waals surface area contributed by atoms with Crippen molar-refractivity contribution in [1.82, 2.24) is 0 Å². The molecule has 0 spiro atoms. The Labute approximate surface area is 311 Å². The summed E-state index contributed by atoms with van der Waals surface area (Å²) in [6.45, 7) is 0. The van der Waals surface area contributed by atoms with E-state index in [1.165, 1.54) is 57.8 Å². The van der Waals surface area contributed by atoms with Crippen molar-refractivity contribution in [3.05, 3.63) is 144 Å². The molecule has 0 aliphatic heterocycles. The average Bonchev–Trinajstić information content (AvgIpc) is 3.17. The zero-order chi connectivity index (χ0) is 34.6. The maximum absolute atomic E-state index is 4.24. The molecule has 5 atom stereocenters. The van der Waals surface area contributed by atoms with Gasteiger partial charge in [0.25, 0.3) is 0 Å². The standard InChI is InChI=1S/C52H46/c1-5-13-39(14-6-1)21-22-48-47-32-46-36-50(48,26-23-40-15-7-2-8-16-40)51(27-24-41-17-9-3-10-18-41,28-25-42-19-11-4-12-20-42)52(37-46,38-47)49-33-43-29-44(34-49)31-45(30-43)35-49/h1-20,43-48H,29-38H2. The summed E-state index contributed by atoms with van der Waals surface area (Å²) < 4.78 is 0. The molecule has 0 N–H and O–H groups in total. The molecule has 52 heavy (non-hydrogen) atoms. The lowest BCUT2D eigenvalue weighted by atomic mass is 9.24. The Morgan fingerprint density at radius 3 is 1.33 bits per heavy atom. The molecule has 0 nitrogen and oxygen atoms in total.